The van der Waals surface area contributed by atoms with Crippen LogP contribution in [0, 0.1) is 11.8 Å². The highest BCUT2D eigenvalue weighted by molar-refractivity contribution is 5.85. The summed E-state index contributed by atoms with van der Waals surface area (Å²) in [6, 6.07) is 6.11. The van der Waals surface area contributed by atoms with Crippen LogP contribution in [0.15, 0.2) is 18.2 Å². The zero-order valence-corrected chi connectivity index (χ0v) is 15.1. The van der Waals surface area contributed by atoms with E-state index in [1.54, 1.807) is 0 Å². The van der Waals surface area contributed by atoms with Gasteiger partial charge in [-0.15, -0.1) is 24.8 Å². The maximum Gasteiger partial charge on any atom is 0.139 e. The van der Waals surface area contributed by atoms with Crippen LogP contribution in [0.4, 0.5) is 11.4 Å². The minimum Gasteiger partial charge on any atom is -0.506 e. The van der Waals surface area contributed by atoms with Crippen LogP contribution in [0.3, 0.4) is 0 Å². The minimum atomic E-state index is 0. The molecule has 0 radical (unpaired) electrons. The van der Waals surface area contributed by atoms with E-state index < -0.39 is 0 Å². The summed E-state index contributed by atoms with van der Waals surface area (Å²) in [5.74, 6) is 1.83. The topological polar surface area (TPSA) is 26.7 Å². The Bertz CT molecular complexity index is 468. The molecule has 2 aliphatic rings. The second-order valence-corrected chi connectivity index (χ2v) is 6.72. The van der Waals surface area contributed by atoms with Crippen molar-refractivity contribution in [1.82, 2.24) is 0 Å². The fraction of sp³-hybridized carbons (Fsp3) is 0.647. The van der Waals surface area contributed by atoms with Crippen molar-refractivity contribution in [3.63, 3.8) is 0 Å². The number of piperidine rings is 1. The Morgan fingerprint density at radius 2 is 1.55 bits per heavy atom. The maximum absolute atomic E-state index is 10.2. The second-order valence-electron chi connectivity index (χ2n) is 6.72. The molecule has 2 fully saturated rings. The number of halogens is 2. The molecule has 1 aromatic carbocycles. The molecule has 1 aromatic rings. The number of benzene rings is 1. The van der Waals surface area contributed by atoms with Crippen molar-refractivity contribution in [2.45, 2.75) is 33.1 Å². The number of nitrogens with zero attached hydrogens (tertiary/aromatic N) is 2. The van der Waals surface area contributed by atoms with Crippen molar-refractivity contribution in [3.8, 4) is 5.75 Å². The average Bonchev–Trinajstić information content (AvgIpc) is 2.92. The Morgan fingerprint density at radius 3 is 2.14 bits per heavy atom. The minimum absolute atomic E-state index is 0. The van der Waals surface area contributed by atoms with E-state index in [1.165, 1.54) is 24.9 Å². The second kappa shape index (κ2) is 8.16. The van der Waals surface area contributed by atoms with E-state index >= 15 is 0 Å². The average molecular weight is 347 g/mol. The molecular formula is C17H28Cl2N2O. The van der Waals surface area contributed by atoms with Gasteiger partial charge in [0, 0.05) is 31.9 Å². The highest BCUT2D eigenvalue weighted by Crippen LogP contribution is 2.36. The molecule has 0 spiro atoms. The molecular weight excluding hydrogens is 319 g/mol. The normalized spacial score (nSPS) is 24.6. The van der Waals surface area contributed by atoms with Gasteiger partial charge in [-0.3, -0.25) is 0 Å². The van der Waals surface area contributed by atoms with Gasteiger partial charge >= 0.3 is 0 Å². The molecule has 5 heteroatoms. The van der Waals surface area contributed by atoms with Crippen LogP contribution in [0.1, 0.15) is 33.1 Å². The molecule has 2 heterocycles. The molecule has 2 saturated heterocycles. The molecule has 3 rings (SSSR count). The third-order valence-corrected chi connectivity index (χ3v) is 4.64. The summed E-state index contributed by atoms with van der Waals surface area (Å²) >= 11 is 0. The van der Waals surface area contributed by atoms with Gasteiger partial charge in [0.2, 0.25) is 0 Å². The van der Waals surface area contributed by atoms with Crippen LogP contribution < -0.4 is 9.80 Å². The summed E-state index contributed by atoms with van der Waals surface area (Å²) in [5.41, 5.74) is 2.29. The highest BCUT2D eigenvalue weighted by atomic mass is 35.5. The molecule has 0 bridgehead atoms. The van der Waals surface area contributed by atoms with Crippen LogP contribution >= 0.6 is 24.8 Å². The Hall–Kier alpha value is -0.800. The Balaban J connectivity index is 0.00000121. The third kappa shape index (κ3) is 4.14. The predicted molar refractivity (Wildman–Crippen MR) is 99.2 cm³/mol. The van der Waals surface area contributed by atoms with Crippen molar-refractivity contribution in [2.24, 2.45) is 11.8 Å². The summed E-state index contributed by atoms with van der Waals surface area (Å²) in [5, 5.41) is 10.2. The number of aromatic hydroxyl groups is 1. The molecule has 2 unspecified atom stereocenters. The van der Waals surface area contributed by atoms with Crippen LogP contribution in [0.2, 0.25) is 0 Å². The molecule has 22 heavy (non-hydrogen) atoms. The predicted octanol–water partition coefficient (Wildman–Crippen LogP) is 4.32. The number of rotatable bonds is 2. The van der Waals surface area contributed by atoms with Crippen LogP contribution in [0.25, 0.3) is 0 Å². The van der Waals surface area contributed by atoms with E-state index in [1.807, 2.05) is 6.07 Å². The van der Waals surface area contributed by atoms with Gasteiger partial charge in [-0.1, -0.05) is 13.8 Å². The molecule has 0 aromatic heterocycles. The van der Waals surface area contributed by atoms with Crippen molar-refractivity contribution in [1.29, 1.82) is 0 Å². The molecule has 2 atom stereocenters. The van der Waals surface area contributed by atoms with E-state index in [-0.39, 0.29) is 24.8 Å². The molecule has 3 nitrogen and oxygen atoms in total. The Kier molecular flexibility index (Phi) is 7.14. The lowest BCUT2D eigenvalue weighted by molar-refractivity contribution is 0.353. The smallest absolute Gasteiger partial charge is 0.139 e. The van der Waals surface area contributed by atoms with Crippen molar-refractivity contribution in [3.05, 3.63) is 18.2 Å². The lowest BCUT2D eigenvalue weighted by atomic mass is 9.91. The fourth-order valence-electron chi connectivity index (χ4n) is 3.80. The van der Waals surface area contributed by atoms with Crippen molar-refractivity contribution >= 4 is 36.2 Å². The van der Waals surface area contributed by atoms with E-state index in [4.69, 9.17) is 0 Å². The molecule has 0 amide bonds. The van der Waals surface area contributed by atoms with Gasteiger partial charge in [-0.05, 0) is 49.3 Å². The van der Waals surface area contributed by atoms with Crippen LogP contribution in [-0.2, 0) is 0 Å². The summed E-state index contributed by atoms with van der Waals surface area (Å²) in [7, 11) is 0. The number of hydrogen-bond acceptors (Lipinski definition) is 3. The highest BCUT2D eigenvalue weighted by Gasteiger charge is 2.24. The molecule has 2 aliphatic heterocycles. The van der Waals surface area contributed by atoms with Crippen molar-refractivity contribution < 1.29 is 5.11 Å². The number of phenols is 1. The van der Waals surface area contributed by atoms with Gasteiger partial charge in [0.15, 0.2) is 0 Å². The largest absolute Gasteiger partial charge is 0.506 e. The summed E-state index contributed by atoms with van der Waals surface area (Å²) < 4.78 is 0. The first-order valence-electron chi connectivity index (χ1n) is 7.96. The van der Waals surface area contributed by atoms with Gasteiger partial charge < -0.3 is 14.9 Å². The monoisotopic (exact) mass is 346 g/mol. The van der Waals surface area contributed by atoms with E-state index in [2.05, 4.69) is 35.8 Å². The number of phenolic OH excluding ortho intramolecular Hbond substituents is 1. The van der Waals surface area contributed by atoms with Gasteiger partial charge in [-0.2, -0.15) is 0 Å². The Morgan fingerprint density at radius 1 is 0.955 bits per heavy atom. The van der Waals surface area contributed by atoms with Gasteiger partial charge in [-0.25, -0.2) is 0 Å². The summed E-state index contributed by atoms with van der Waals surface area (Å²) in [6.45, 7) is 9.03. The quantitative estimate of drug-likeness (QED) is 0.863. The molecule has 126 valence electrons. The number of anilines is 2. The first kappa shape index (κ1) is 19.2. The third-order valence-electron chi connectivity index (χ3n) is 4.64. The zero-order valence-electron chi connectivity index (χ0n) is 13.5. The lowest BCUT2D eigenvalue weighted by Crippen LogP contribution is -2.38. The summed E-state index contributed by atoms with van der Waals surface area (Å²) in [4.78, 5) is 4.80. The van der Waals surface area contributed by atoms with E-state index in [0.29, 0.717) is 17.6 Å². The first-order chi connectivity index (χ1) is 9.63. The zero-order chi connectivity index (χ0) is 14.1. The maximum atomic E-state index is 10.2. The fourth-order valence-corrected chi connectivity index (χ4v) is 3.80. The Labute approximate surface area is 146 Å². The first-order valence-corrected chi connectivity index (χ1v) is 7.96. The van der Waals surface area contributed by atoms with Crippen LogP contribution in [0.5, 0.6) is 5.75 Å². The van der Waals surface area contributed by atoms with Gasteiger partial charge in [0.05, 0.1) is 5.69 Å². The molecule has 0 aliphatic carbocycles. The summed E-state index contributed by atoms with van der Waals surface area (Å²) in [6.07, 6.45) is 3.87. The SMILES string of the molecule is CC1CC(C)CN(c2cc(N3CCCC3)ccc2O)C1.Cl.Cl. The standard InChI is InChI=1S/C17H26N2O.2ClH/c1-13-9-14(2)12-19(11-13)16-10-15(5-6-17(16)20)18-7-3-4-8-18;;/h5-6,10,13-14,20H,3-4,7-9,11-12H2,1-2H3;2*1H. The van der Waals surface area contributed by atoms with Crippen molar-refractivity contribution in [2.75, 3.05) is 36.0 Å². The van der Waals surface area contributed by atoms with E-state index in [9.17, 15) is 5.11 Å². The van der Waals surface area contributed by atoms with Crippen LogP contribution in [-0.4, -0.2) is 31.3 Å². The number of hydrogen-bond donors (Lipinski definition) is 1. The molecule has 0 saturated carbocycles. The lowest BCUT2D eigenvalue weighted by Gasteiger charge is -2.37. The van der Waals surface area contributed by atoms with Gasteiger partial charge in [0.25, 0.3) is 0 Å². The van der Waals surface area contributed by atoms with Gasteiger partial charge in [0.1, 0.15) is 5.75 Å². The van der Waals surface area contributed by atoms with E-state index in [0.717, 1.165) is 31.9 Å². The molecule has 1 N–H and O–H groups in total.